The Balaban J connectivity index is 0. The molecule has 16 heavy (non-hydrogen) atoms. The maximum atomic E-state index is 5.32. The molecule has 0 spiro atoms. The summed E-state index contributed by atoms with van der Waals surface area (Å²) in [4.78, 5) is 4.32. The minimum atomic E-state index is 0.0837. The lowest BCUT2D eigenvalue weighted by atomic mass is 10.1. The Labute approximate surface area is 100.0 Å². The minimum absolute atomic E-state index is 0.0837. The second-order valence-corrected chi connectivity index (χ2v) is 2.97. The maximum Gasteiger partial charge on any atom is 0.0720 e. The molecule has 90 valence electrons. The van der Waals surface area contributed by atoms with Crippen LogP contribution in [0, 0.1) is 0 Å². The molecule has 0 heterocycles. The fraction of sp³-hybridized carbons (Fsp3) is 0.357. The zero-order chi connectivity index (χ0) is 13.0. The van der Waals surface area contributed by atoms with Gasteiger partial charge < -0.3 is 5.73 Å². The molecule has 0 radical (unpaired) electrons. The third-order valence-corrected chi connectivity index (χ3v) is 1.79. The second kappa shape index (κ2) is 11.5. The van der Waals surface area contributed by atoms with E-state index in [9.17, 15) is 0 Å². The van der Waals surface area contributed by atoms with E-state index in [4.69, 9.17) is 5.73 Å². The number of nitrogens with two attached hydrogens (primary N) is 1. The van der Waals surface area contributed by atoms with Gasteiger partial charge in [0.2, 0.25) is 0 Å². The molecule has 2 nitrogen and oxygen atoms in total. The summed E-state index contributed by atoms with van der Waals surface area (Å²) in [5.41, 5.74) is 7.31. The molecule has 0 bridgehead atoms. The molecule has 0 fully saturated rings. The highest BCUT2D eigenvalue weighted by molar-refractivity contribution is 5.77. The van der Waals surface area contributed by atoms with Crippen LogP contribution in [-0.2, 0) is 0 Å². The van der Waals surface area contributed by atoms with Gasteiger partial charge in [0.1, 0.15) is 0 Å². The topological polar surface area (TPSA) is 38.4 Å². The van der Waals surface area contributed by atoms with Gasteiger partial charge in [-0.3, -0.25) is 4.99 Å². The van der Waals surface area contributed by atoms with Crippen molar-refractivity contribution in [3.8, 4) is 0 Å². The lowest BCUT2D eigenvalue weighted by Gasteiger charge is -2.06. The van der Waals surface area contributed by atoms with E-state index < -0.39 is 0 Å². The van der Waals surface area contributed by atoms with Gasteiger partial charge >= 0.3 is 0 Å². The van der Waals surface area contributed by atoms with E-state index >= 15 is 0 Å². The second-order valence-electron chi connectivity index (χ2n) is 2.97. The fourth-order valence-corrected chi connectivity index (χ4v) is 0.872. The van der Waals surface area contributed by atoms with Crippen LogP contribution in [-0.4, -0.2) is 12.3 Å². The SMILES string of the molecule is C=C/C=C(\C=C)C(C)N=C/C(C)=C\N.CC. The number of rotatable bonds is 5. The first kappa shape index (κ1) is 16.8. The van der Waals surface area contributed by atoms with Crippen LogP contribution in [0.4, 0.5) is 0 Å². The average Bonchev–Trinajstić information content (AvgIpc) is 2.34. The lowest BCUT2D eigenvalue weighted by molar-refractivity contribution is 0.892. The van der Waals surface area contributed by atoms with Crippen molar-refractivity contribution in [3.63, 3.8) is 0 Å². The number of nitrogens with zero attached hydrogens (tertiary/aromatic N) is 1. The van der Waals surface area contributed by atoms with Crippen LogP contribution in [0.2, 0.25) is 0 Å². The summed E-state index contributed by atoms with van der Waals surface area (Å²) < 4.78 is 0. The molecular formula is C14H24N2. The Morgan fingerprint density at radius 1 is 1.31 bits per heavy atom. The molecule has 1 atom stereocenters. The highest BCUT2D eigenvalue weighted by Gasteiger charge is 2.00. The van der Waals surface area contributed by atoms with Gasteiger partial charge in [-0.05, 0) is 31.2 Å². The minimum Gasteiger partial charge on any atom is -0.404 e. The van der Waals surface area contributed by atoms with Crippen LogP contribution in [0.1, 0.15) is 27.7 Å². The third-order valence-electron chi connectivity index (χ3n) is 1.79. The molecule has 0 saturated heterocycles. The van der Waals surface area contributed by atoms with Gasteiger partial charge in [-0.25, -0.2) is 0 Å². The van der Waals surface area contributed by atoms with Crippen molar-refractivity contribution in [2.75, 3.05) is 0 Å². The lowest BCUT2D eigenvalue weighted by Crippen LogP contribution is -2.01. The summed E-state index contributed by atoms with van der Waals surface area (Å²) >= 11 is 0. The Kier molecular flexibility index (Phi) is 12.1. The van der Waals surface area contributed by atoms with Crippen LogP contribution in [0.25, 0.3) is 0 Å². The van der Waals surface area contributed by atoms with Crippen LogP contribution < -0.4 is 5.73 Å². The number of hydrogen-bond acceptors (Lipinski definition) is 2. The first-order valence-corrected chi connectivity index (χ1v) is 5.52. The van der Waals surface area contributed by atoms with E-state index in [2.05, 4.69) is 18.2 Å². The molecule has 0 rings (SSSR count). The van der Waals surface area contributed by atoms with E-state index in [1.165, 1.54) is 6.20 Å². The summed E-state index contributed by atoms with van der Waals surface area (Å²) in [6.07, 6.45) is 8.70. The van der Waals surface area contributed by atoms with Gasteiger partial charge in [0.15, 0.2) is 0 Å². The number of aliphatic imine (C=N–C) groups is 1. The van der Waals surface area contributed by atoms with Crippen molar-refractivity contribution >= 4 is 6.21 Å². The number of hydrogen-bond donors (Lipinski definition) is 1. The standard InChI is InChI=1S/C12H18N2.C2H6/c1-5-7-12(6-2)11(4)14-9-10(3)8-13;1-2/h5-9,11H,1-2,13H2,3-4H3;1-2H3/b10-8-,12-7+,14-9?;. The molecule has 0 aliphatic heterocycles. The molecule has 0 amide bonds. The normalized spacial score (nSPS) is 14.0. The van der Waals surface area contributed by atoms with E-state index in [-0.39, 0.29) is 6.04 Å². The molecule has 1 unspecified atom stereocenters. The van der Waals surface area contributed by atoms with E-state index in [0.717, 1.165) is 11.1 Å². The quantitative estimate of drug-likeness (QED) is 0.557. The predicted octanol–water partition coefficient (Wildman–Crippen LogP) is 3.63. The molecule has 0 aliphatic carbocycles. The predicted molar refractivity (Wildman–Crippen MR) is 75.7 cm³/mol. The van der Waals surface area contributed by atoms with Gasteiger partial charge in [-0.15, -0.1) is 0 Å². The monoisotopic (exact) mass is 220 g/mol. The van der Waals surface area contributed by atoms with Crippen molar-refractivity contribution in [1.29, 1.82) is 0 Å². The van der Waals surface area contributed by atoms with Crippen LogP contribution in [0.3, 0.4) is 0 Å². The van der Waals surface area contributed by atoms with Crippen LogP contribution in [0.15, 0.2) is 53.7 Å². The van der Waals surface area contributed by atoms with Crippen LogP contribution in [0.5, 0.6) is 0 Å². The van der Waals surface area contributed by atoms with Crippen LogP contribution >= 0.6 is 0 Å². The van der Waals surface area contributed by atoms with Gasteiger partial charge in [0, 0.05) is 6.21 Å². The molecule has 2 heteroatoms. The zero-order valence-electron chi connectivity index (χ0n) is 10.9. The summed E-state index contributed by atoms with van der Waals surface area (Å²) in [7, 11) is 0. The van der Waals surface area contributed by atoms with Gasteiger partial charge in [-0.2, -0.15) is 0 Å². The van der Waals surface area contributed by atoms with Gasteiger partial charge in [-0.1, -0.05) is 45.2 Å². The smallest absolute Gasteiger partial charge is 0.0720 e. The highest BCUT2D eigenvalue weighted by atomic mass is 14.8. The summed E-state index contributed by atoms with van der Waals surface area (Å²) in [6.45, 7) is 15.3. The molecule has 0 aromatic carbocycles. The Morgan fingerprint density at radius 2 is 1.88 bits per heavy atom. The average molecular weight is 220 g/mol. The Morgan fingerprint density at radius 3 is 2.25 bits per heavy atom. The van der Waals surface area contributed by atoms with Crippen molar-refractivity contribution in [1.82, 2.24) is 0 Å². The number of allylic oxidation sites excluding steroid dienone is 3. The van der Waals surface area contributed by atoms with E-state index in [1.807, 2.05) is 33.8 Å². The molecular weight excluding hydrogens is 196 g/mol. The summed E-state index contributed by atoms with van der Waals surface area (Å²) in [5, 5.41) is 0. The first-order valence-electron chi connectivity index (χ1n) is 5.52. The van der Waals surface area contributed by atoms with Crippen molar-refractivity contribution in [2.45, 2.75) is 33.7 Å². The van der Waals surface area contributed by atoms with Crippen molar-refractivity contribution in [2.24, 2.45) is 10.7 Å². The largest absolute Gasteiger partial charge is 0.404 e. The zero-order valence-corrected chi connectivity index (χ0v) is 10.9. The van der Waals surface area contributed by atoms with E-state index in [0.29, 0.717) is 0 Å². The van der Waals surface area contributed by atoms with Gasteiger partial charge in [0.05, 0.1) is 6.04 Å². The molecule has 0 aromatic heterocycles. The molecule has 2 N–H and O–H groups in total. The summed E-state index contributed by atoms with van der Waals surface area (Å²) in [5.74, 6) is 0. The van der Waals surface area contributed by atoms with Gasteiger partial charge in [0.25, 0.3) is 0 Å². The van der Waals surface area contributed by atoms with E-state index in [1.54, 1.807) is 18.4 Å². The molecule has 0 aliphatic rings. The molecule has 0 aromatic rings. The highest BCUT2D eigenvalue weighted by Crippen LogP contribution is 2.07. The summed E-state index contributed by atoms with van der Waals surface area (Å²) in [6, 6.07) is 0.0837. The maximum absolute atomic E-state index is 5.32. The van der Waals surface area contributed by atoms with Crippen molar-refractivity contribution in [3.05, 3.63) is 48.7 Å². The molecule has 0 saturated carbocycles. The Hall–Kier alpha value is -1.57. The van der Waals surface area contributed by atoms with Crippen molar-refractivity contribution < 1.29 is 0 Å². The fourth-order valence-electron chi connectivity index (χ4n) is 0.872. The third kappa shape index (κ3) is 7.80. The Bertz CT molecular complexity index is 283. The first-order chi connectivity index (χ1) is 7.65.